The van der Waals surface area contributed by atoms with E-state index in [4.69, 9.17) is 6.57 Å². The molecule has 0 aliphatic heterocycles. The van der Waals surface area contributed by atoms with E-state index in [2.05, 4.69) is 9.94 Å². The average molecular weight is 189 g/mol. The first-order valence-electron chi connectivity index (χ1n) is 3.76. The molecule has 2 rings (SSSR count). The van der Waals surface area contributed by atoms with Gasteiger partial charge in [-0.25, -0.2) is 4.39 Å². The first kappa shape index (κ1) is 8.38. The van der Waals surface area contributed by atoms with E-state index >= 15 is 0 Å². The van der Waals surface area contributed by atoms with Crippen molar-refractivity contribution < 1.29 is 9.18 Å². The highest BCUT2D eigenvalue weighted by Crippen LogP contribution is 2.19. The Labute approximate surface area is 78.4 Å². The van der Waals surface area contributed by atoms with Crippen molar-refractivity contribution in [2.45, 2.75) is 0 Å². The molecule has 0 bridgehead atoms. The van der Waals surface area contributed by atoms with E-state index in [0.29, 0.717) is 6.29 Å². The second kappa shape index (κ2) is 2.92. The molecule has 0 aliphatic rings. The fraction of sp³-hybridized carbons (Fsp3) is 0. The van der Waals surface area contributed by atoms with Gasteiger partial charge in [0.25, 0.3) is 5.82 Å². The lowest BCUT2D eigenvalue weighted by Gasteiger charge is -1.95. The van der Waals surface area contributed by atoms with E-state index in [0.717, 1.165) is 10.7 Å². The summed E-state index contributed by atoms with van der Waals surface area (Å²) < 4.78 is 14.2. The van der Waals surface area contributed by atoms with Crippen LogP contribution < -0.4 is 0 Å². The maximum Gasteiger partial charge on any atom is 0.256 e. The number of nitrogens with zero attached hydrogens (tertiary/aromatic N) is 3. The molecule has 2 aromatic heterocycles. The van der Waals surface area contributed by atoms with Crippen molar-refractivity contribution in [3.8, 4) is 0 Å². The van der Waals surface area contributed by atoms with Crippen LogP contribution in [0.4, 0.5) is 10.2 Å². The topological polar surface area (TPSA) is 38.7 Å². The lowest BCUT2D eigenvalue weighted by atomic mass is 10.2. The van der Waals surface area contributed by atoms with Crippen molar-refractivity contribution in [1.82, 2.24) is 9.61 Å². The predicted octanol–water partition coefficient (Wildman–Crippen LogP) is 1.84. The molecule has 0 atom stereocenters. The Morgan fingerprint density at radius 3 is 3.00 bits per heavy atom. The Balaban J connectivity index is 2.91. The van der Waals surface area contributed by atoms with Crippen LogP contribution in [0.5, 0.6) is 0 Å². The molecule has 0 aliphatic carbocycles. The summed E-state index contributed by atoms with van der Waals surface area (Å²) in [6, 6.07) is 2.71. The highest BCUT2D eigenvalue weighted by Gasteiger charge is 2.11. The van der Waals surface area contributed by atoms with Crippen LogP contribution in [0, 0.1) is 12.4 Å². The number of pyridine rings is 1. The van der Waals surface area contributed by atoms with Gasteiger partial charge in [0.2, 0.25) is 0 Å². The second-order valence-corrected chi connectivity index (χ2v) is 2.67. The van der Waals surface area contributed by atoms with Gasteiger partial charge in [0.05, 0.1) is 0 Å². The third-order valence-corrected chi connectivity index (χ3v) is 1.83. The minimum atomic E-state index is -0.543. The van der Waals surface area contributed by atoms with Crippen molar-refractivity contribution in [2.75, 3.05) is 0 Å². The Kier molecular flexibility index (Phi) is 1.75. The molecule has 0 unspecified atom stereocenters. The Bertz CT molecular complexity index is 553. The standard InChI is InChI=1S/C9H4FN3O/c1-11-9-3-6(5-14)2-8-7(10)4-12-13(8)9/h2-5H. The van der Waals surface area contributed by atoms with Crippen LogP contribution in [0.1, 0.15) is 10.4 Å². The maximum atomic E-state index is 13.1. The normalized spacial score (nSPS) is 10.0. The van der Waals surface area contributed by atoms with Crippen LogP contribution in [-0.2, 0) is 0 Å². The summed E-state index contributed by atoms with van der Waals surface area (Å²) in [5.74, 6) is -0.424. The second-order valence-electron chi connectivity index (χ2n) is 2.67. The number of carbonyl (C=O) groups is 1. The zero-order valence-corrected chi connectivity index (χ0v) is 6.94. The van der Waals surface area contributed by atoms with Crippen LogP contribution in [0.3, 0.4) is 0 Å². The third-order valence-electron chi connectivity index (χ3n) is 1.83. The highest BCUT2D eigenvalue weighted by molar-refractivity contribution is 5.79. The molecule has 0 radical (unpaired) electrons. The Morgan fingerprint density at radius 1 is 1.57 bits per heavy atom. The summed E-state index contributed by atoms with van der Waals surface area (Å²) in [5.41, 5.74) is 0.406. The SMILES string of the molecule is [C-]#[N+]c1cc(C=O)cc2c(F)cnn12. The van der Waals surface area contributed by atoms with E-state index in [1.54, 1.807) is 0 Å². The number of fused-ring (bicyclic) bond motifs is 1. The van der Waals surface area contributed by atoms with Crippen LogP contribution >= 0.6 is 0 Å². The minimum Gasteiger partial charge on any atom is -0.362 e. The summed E-state index contributed by atoms with van der Waals surface area (Å²) in [5, 5.41) is 3.68. The zero-order valence-electron chi connectivity index (χ0n) is 6.94. The summed E-state index contributed by atoms with van der Waals surface area (Å²) in [4.78, 5) is 13.6. The third kappa shape index (κ3) is 1.05. The van der Waals surface area contributed by atoms with Crippen LogP contribution in [0.15, 0.2) is 18.3 Å². The molecule has 4 nitrogen and oxygen atoms in total. The molecule has 0 spiro atoms. The molecule has 68 valence electrons. The van der Waals surface area contributed by atoms with Gasteiger partial charge in [-0.1, -0.05) is 11.7 Å². The van der Waals surface area contributed by atoms with Gasteiger partial charge in [0, 0.05) is 5.56 Å². The highest BCUT2D eigenvalue weighted by atomic mass is 19.1. The van der Waals surface area contributed by atoms with Crippen LogP contribution in [0.25, 0.3) is 10.4 Å². The van der Waals surface area contributed by atoms with Gasteiger partial charge in [0.1, 0.15) is 12.5 Å². The molecular weight excluding hydrogens is 185 g/mol. The molecule has 0 fully saturated rings. The molecule has 0 aromatic carbocycles. The van der Waals surface area contributed by atoms with Gasteiger partial charge in [-0.3, -0.25) is 4.79 Å². The van der Waals surface area contributed by atoms with E-state index in [-0.39, 0.29) is 16.9 Å². The Hall–Kier alpha value is -2.22. The summed E-state index contributed by atoms with van der Waals surface area (Å²) in [6.45, 7) is 6.83. The molecule has 0 saturated carbocycles. The number of aromatic nitrogens is 2. The molecule has 0 N–H and O–H groups in total. The molecule has 2 aromatic rings. The molecule has 0 amide bonds. The zero-order chi connectivity index (χ0) is 10.1. The summed E-state index contributed by atoms with van der Waals surface area (Å²) >= 11 is 0. The van der Waals surface area contributed by atoms with E-state index in [1.807, 2.05) is 0 Å². The number of aldehydes is 1. The minimum absolute atomic E-state index is 0.119. The molecule has 14 heavy (non-hydrogen) atoms. The van der Waals surface area contributed by atoms with Gasteiger partial charge < -0.3 is 4.85 Å². The summed E-state index contributed by atoms with van der Waals surface area (Å²) in [7, 11) is 0. The summed E-state index contributed by atoms with van der Waals surface area (Å²) in [6.07, 6.45) is 1.58. The van der Waals surface area contributed by atoms with Crippen LogP contribution in [0.2, 0.25) is 0 Å². The molecule has 2 heterocycles. The van der Waals surface area contributed by atoms with Crippen molar-refractivity contribution >= 4 is 17.6 Å². The van der Waals surface area contributed by atoms with Crippen molar-refractivity contribution in [3.05, 3.63) is 41.1 Å². The number of hydrogen-bond acceptors (Lipinski definition) is 2. The fourth-order valence-electron chi connectivity index (χ4n) is 1.21. The van der Waals surface area contributed by atoms with Crippen molar-refractivity contribution in [2.24, 2.45) is 0 Å². The quantitative estimate of drug-likeness (QED) is 0.507. The monoisotopic (exact) mass is 189 g/mol. The van der Waals surface area contributed by atoms with Crippen molar-refractivity contribution in [3.63, 3.8) is 0 Å². The number of halogens is 1. The number of rotatable bonds is 1. The van der Waals surface area contributed by atoms with Crippen LogP contribution in [-0.4, -0.2) is 15.9 Å². The van der Waals surface area contributed by atoms with Gasteiger partial charge in [-0.15, -0.1) is 0 Å². The number of carbonyl (C=O) groups excluding carboxylic acids is 1. The van der Waals surface area contributed by atoms with Crippen molar-refractivity contribution in [1.29, 1.82) is 0 Å². The molecule has 0 saturated heterocycles. The average Bonchev–Trinajstić information content (AvgIpc) is 2.59. The van der Waals surface area contributed by atoms with Gasteiger partial charge in [-0.2, -0.15) is 4.52 Å². The predicted molar refractivity (Wildman–Crippen MR) is 46.8 cm³/mol. The largest absolute Gasteiger partial charge is 0.362 e. The lowest BCUT2D eigenvalue weighted by molar-refractivity contribution is 0.112. The van der Waals surface area contributed by atoms with E-state index in [9.17, 15) is 9.18 Å². The van der Waals surface area contributed by atoms with Gasteiger partial charge >= 0.3 is 0 Å². The smallest absolute Gasteiger partial charge is 0.256 e. The Morgan fingerprint density at radius 2 is 2.36 bits per heavy atom. The molecular formula is C9H4FN3O. The van der Waals surface area contributed by atoms with E-state index in [1.165, 1.54) is 12.1 Å². The van der Waals surface area contributed by atoms with Gasteiger partial charge in [0.15, 0.2) is 11.3 Å². The lowest BCUT2D eigenvalue weighted by Crippen LogP contribution is -1.90. The maximum absolute atomic E-state index is 13.1. The van der Waals surface area contributed by atoms with E-state index < -0.39 is 5.82 Å². The first-order valence-corrected chi connectivity index (χ1v) is 3.76. The fourth-order valence-corrected chi connectivity index (χ4v) is 1.21. The number of hydrogen-bond donors (Lipinski definition) is 0. The molecule has 5 heteroatoms. The first-order chi connectivity index (χ1) is 6.76. The van der Waals surface area contributed by atoms with Gasteiger partial charge in [-0.05, 0) is 12.1 Å².